The first-order valence-corrected chi connectivity index (χ1v) is 27.8. The number of ether oxygens (including phenoxy) is 8. The first kappa shape index (κ1) is 60.9. The van der Waals surface area contributed by atoms with E-state index in [-0.39, 0.29) is 46.7 Å². The van der Waals surface area contributed by atoms with Gasteiger partial charge in [0.1, 0.15) is 79.4 Å². The molecular weight excluding hydrogens is 1000 g/mol. The summed E-state index contributed by atoms with van der Waals surface area (Å²) in [6.45, 7) is 14.8. The van der Waals surface area contributed by atoms with Crippen LogP contribution >= 0.6 is 0 Å². The van der Waals surface area contributed by atoms with Crippen molar-refractivity contribution >= 4 is 0 Å². The van der Waals surface area contributed by atoms with E-state index in [9.17, 15) is 71.5 Å². The second kappa shape index (κ2) is 23.3. The Balaban J connectivity index is 0.974. The summed E-state index contributed by atoms with van der Waals surface area (Å²) in [4.78, 5) is 0. The van der Waals surface area contributed by atoms with E-state index in [4.69, 9.17) is 37.9 Å². The average Bonchev–Trinajstić information content (AvgIpc) is 3.67. The molecule has 22 heteroatoms. The number of allylic oxidation sites excluding steroid dienone is 1. The minimum atomic E-state index is -1.90. The number of hydrogen-bond acceptors (Lipinski definition) is 22. The van der Waals surface area contributed by atoms with Crippen LogP contribution in [0.2, 0.25) is 0 Å². The van der Waals surface area contributed by atoms with Crippen molar-refractivity contribution in [1.82, 2.24) is 0 Å². The van der Waals surface area contributed by atoms with Crippen molar-refractivity contribution in [3.8, 4) is 0 Å². The van der Waals surface area contributed by atoms with E-state index in [1.54, 1.807) is 13.8 Å². The van der Waals surface area contributed by atoms with Crippen molar-refractivity contribution in [2.24, 2.45) is 45.3 Å². The zero-order valence-electron chi connectivity index (χ0n) is 45.4. The van der Waals surface area contributed by atoms with Crippen molar-refractivity contribution in [2.75, 3.05) is 26.4 Å². The third kappa shape index (κ3) is 11.0. The van der Waals surface area contributed by atoms with Crippen molar-refractivity contribution in [2.45, 2.75) is 254 Å². The van der Waals surface area contributed by atoms with Gasteiger partial charge in [-0.1, -0.05) is 53.2 Å². The molecule has 0 aromatic carbocycles. The molecule has 4 aliphatic heterocycles. The molecule has 22 nitrogen and oxygen atoms in total. The summed E-state index contributed by atoms with van der Waals surface area (Å²) in [5.41, 5.74) is -0.572. The molecule has 8 rings (SSSR count). The zero-order chi connectivity index (χ0) is 55.8. The second-order valence-corrected chi connectivity index (χ2v) is 25.7. The molecule has 14 N–H and O–H groups in total. The molecule has 0 amide bonds. The maximum Gasteiger partial charge on any atom is 0.187 e. The summed E-state index contributed by atoms with van der Waals surface area (Å²) in [6, 6.07) is 0. The molecule has 3 unspecified atom stereocenters. The summed E-state index contributed by atoms with van der Waals surface area (Å²) >= 11 is 0. The van der Waals surface area contributed by atoms with Crippen molar-refractivity contribution in [3.05, 3.63) is 11.6 Å². The van der Waals surface area contributed by atoms with E-state index in [0.29, 0.717) is 30.6 Å². The van der Waals surface area contributed by atoms with Crippen LogP contribution in [0.4, 0.5) is 0 Å². The van der Waals surface area contributed by atoms with E-state index < -0.39 is 148 Å². The molecule has 0 radical (unpaired) electrons. The number of aliphatic hydroxyl groups excluding tert-OH is 13. The molecule has 0 bridgehead atoms. The van der Waals surface area contributed by atoms with Gasteiger partial charge < -0.3 is 109 Å². The lowest BCUT2D eigenvalue weighted by molar-refractivity contribution is -0.380. The van der Waals surface area contributed by atoms with Gasteiger partial charge in [-0.05, 0) is 112 Å². The normalized spacial score (nSPS) is 50.5. The highest BCUT2D eigenvalue weighted by Gasteiger charge is 2.68. The zero-order valence-corrected chi connectivity index (χ0v) is 45.4. The fraction of sp³-hybridized carbons (Fsp3) is 0.963. The van der Waals surface area contributed by atoms with Gasteiger partial charge in [-0.25, -0.2) is 0 Å². The third-order valence-corrected chi connectivity index (χ3v) is 20.6. The van der Waals surface area contributed by atoms with Gasteiger partial charge >= 0.3 is 0 Å². The van der Waals surface area contributed by atoms with Crippen LogP contribution in [0.5, 0.6) is 0 Å². The van der Waals surface area contributed by atoms with Crippen LogP contribution in [0, 0.1) is 45.3 Å². The molecule has 440 valence electrons. The molecule has 8 aliphatic rings. The van der Waals surface area contributed by atoms with Gasteiger partial charge in [0.2, 0.25) is 0 Å². The van der Waals surface area contributed by atoms with Crippen molar-refractivity contribution in [3.63, 3.8) is 0 Å². The van der Waals surface area contributed by atoms with Gasteiger partial charge in [0.25, 0.3) is 0 Å². The molecule has 76 heavy (non-hydrogen) atoms. The lowest BCUT2D eigenvalue weighted by atomic mass is 9.39. The monoisotopic (exact) mass is 1090 g/mol. The van der Waals surface area contributed by atoms with Crippen LogP contribution in [-0.2, 0) is 37.9 Å². The lowest BCUT2D eigenvalue weighted by Crippen LogP contribution is -2.65. The molecule has 0 spiro atoms. The fourth-order valence-corrected chi connectivity index (χ4v) is 15.6. The molecule has 4 heterocycles. The van der Waals surface area contributed by atoms with E-state index in [2.05, 4.69) is 47.6 Å². The number of hydrogen-bond donors (Lipinski definition) is 14. The van der Waals surface area contributed by atoms with Crippen molar-refractivity contribution < 1.29 is 109 Å². The first-order valence-electron chi connectivity index (χ1n) is 27.8. The topological polar surface area (TPSA) is 357 Å². The predicted molar refractivity (Wildman–Crippen MR) is 265 cm³/mol. The second-order valence-electron chi connectivity index (χ2n) is 25.7. The number of aliphatic hydroxyl groups is 14. The molecule has 28 atom stereocenters. The van der Waals surface area contributed by atoms with Crippen LogP contribution in [0.1, 0.15) is 120 Å². The highest BCUT2D eigenvalue weighted by Crippen LogP contribution is 2.75. The largest absolute Gasteiger partial charge is 0.394 e. The van der Waals surface area contributed by atoms with Crippen LogP contribution in [0.3, 0.4) is 0 Å². The Bertz CT molecular complexity index is 1950. The number of fused-ring (bicyclic) bond motifs is 5. The highest BCUT2D eigenvalue weighted by molar-refractivity contribution is 5.30. The Kier molecular flexibility index (Phi) is 18.6. The van der Waals surface area contributed by atoms with Crippen LogP contribution < -0.4 is 0 Å². The van der Waals surface area contributed by atoms with Gasteiger partial charge in [-0.3, -0.25) is 0 Å². The predicted octanol–water partition coefficient (Wildman–Crippen LogP) is -1.17. The molecule has 4 saturated heterocycles. The Morgan fingerprint density at radius 2 is 1.21 bits per heavy atom. The fourth-order valence-electron chi connectivity index (χ4n) is 15.6. The smallest absolute Gasteiger partial charge is 0.187 e. The Morgan fingerprint density at radius 3 is 1.83 bits per heavy atom. The molecule has 7 fully saturated rings. The number of rotatable bonds is 17. The molecule has 0 aromatic heterocycles. The quantitative estimate of drug-likeness (QED) is 0.0763. The molecule has 4 aliphatic carbocycles. The summed E-state index contributed by atoms with van der Waals surface area (Å²) in [6.07, 6.45) is -20.4. The van der Waals surface area contributed by atoms with Gasteiger partial charge in [0, 0.05) is 11.8 Å². The SMILES string of the molecule is C[C@H](CC[C@@H](O[C@@H]1O[C@H](CO[C@H]2O[C@H](CO)[C@@H](O)[C@H](O)[C@H]2O)[C@@H](O)[C@H](O)[C@H]1O[C@@H]1O[C@H](CO)[C@@H](O)[C@H](O)[C@H]1O)C(C)(C)O)C1CC[C@@]2(C)C3CC=C4C(CC[C@H](O[C@@H]5O[C@H](CO)C[C@H](O)[C@H]5O)C4(C)C)[C@]3(C)CC[C@]12C. The van der Waals surface area contributed by atoms with Crippen LogP contribution in [0.25, 0.3) is 0 Å². The minimum absolute atomic E-state index is 0.00529. The standard InChI is InChI=1S/C54H92O22/c1-24(26-15-16-54(8)33-12-10-27-28(52(33,6)17-18-53(26,54)7)11-14-34(50(27,2)3)74-47-36(59)29(58)19-25(20-55)70-47)9-13-35(51(4,5)68)75-49-45(76-48-44(67)41(64)38(61)31(22-57)72-48)42(65)39(62)32(73-49)23-69-46-43(66)40(63)37(60)30(21-56)71-46/h10,24-26,28-49,55-68H,9,11-23H2,1-8H3/t24-,25+,26?,28?,29+,30-,31-,32-,33?,34+,35-,36-,37-,38-,39-,40+,41+,42+,43-,44-,45-,46+,47+,48+,49+,52+,53-,54+/m1/s1. The van der Waals surface area contributed by atoms with Crippen molar-refractivity contribution in [1.29, 1.82) is 0 Å². The first-order chi connectivity index (χ1) is 35.6. The highest BCUT2D eigenvalue weighted by atomic mass is 16.8. The van der Waals surface area contributed by atoms with Gasteiger partial charge in [0.15, 0.2) is 25.2 Å². The van der Waals surface area contributed by atoms with Gasteiger partial charge in [-0.15, -0.1) is 0 Å². The minimum Gasteiger partial charge on any atom is -0.394 e. The molecule has 0 aromatic rings. The Hall–Kier alpha value is -1.14. The maximum atomic E-state index is 11.8. The maximum absolute atomic E-state index is 11.8. The molecular formula is C54H92O22. The third-order valence-electron chi connectivity index (χ3n) is 20.6. The Morgan fingerprint density at radius 1 is 0.618 bits per heavy atom. The van der Waals surface area contributed by atoms with E-state index >= 15 is 0 Å². The van der Waals surface area contributed by atoms with E-state index in [1.807, 2.05) is 0 Å². The Labute approximate surface area is 445 Å². The van der Waals surface area contributed by atoms with E-state index in [0.717, 1.165) is 44.9 Å². The van der Waals surface area contributed by atoms with Crippen LogP contribution in [0.15, 0.2) is 11.6 Å². The summed E-state index contributed by atoms with van der Waals surface area (Å²) < 4.78 is 48.1. The summed E-state index contributed by atoms with van der Waals surface area (Å²) in [7, 11) is 0. The summed E-state index contributed by atoms with van der Waals surface area (Å²) in [5.74, 6) is 1.18. The molecule has 3 saturated carbocycles. The lowest BCUT2D eigenvalue weighted by Gasteiger charge is -2.66. The van der Waals surface area contributed by atoms with Gasteiger partial charge in [-0.2, -0.15) is 0 Å². The van der Waals surface area contributed by atoms with Crippen LogP contribution in [-0.4, -0.2) is 232 Å². The average molecular weight is 1090 g/mol. The van der Waals surface area contributed by atoms with E-state index in [1.165, 1.54) is 5.57 Å². The van der Waals surface area contributed by atoms with Gasteiger partial charge in [0.05, 0.1) is 56.4 Å². The summed E-state index contributed by atoms with van der Waals surface area (Å²) in [5, 5.41) is 149.